The lowest BCUT2D eigenvalue weighted by atomic mass is 10.2. The van der Waals surface area contributed by atoms with Crippen molar-refractivity contribution in [1.82, 2.24) is 9.55 Å². The number of halogens is 1. The van der Waals surface area contributed by atoms with Crippen molar-refractivity contribution in [3.05, 3.63) is 44.2 Å². The number of carboxylic acids is 1. The second-order valence-corrected chi connectivity index (χ2v) is 5.13. The molecule has 0 saturated heterocycles. The van der Waals surface area contributed by atoms with Crippen LogP contribution in [-0.4, -0.2) is 25.6 Å². The highest BCUT2D eigenvalue weighted by molar-refractivity contribution is 9.10. The minimum Gasteiger partial charge on any atom is -0.478 e. The van der Waals surface area contributed by atoms with Crippen LogP contribution in [0.4, 0.5) is 17.3 Å². The van der Waals surface area contributed by atoms with Gasteiger partial charge >= 0.3 is 11.8 Å². The van der Waals surface area contributed by atoms with Crippen LogP contribution in [-0.2, 0) is 7.05 Å². The van der Waals surface area contributed by atoms with Gasteiger partial charge in [0.25, 0.3) is 0 Å². The number of nitrogens with one attached hydrogen (secondary N) is 1. The van der Waals surface area contributed by atoms with Crippen molar-refractivity contribution in [2.24, 2.45) is 7.05 Å². The summed E-state index contributed by atoms with van der Waals surface area (Å²) in [6.45, 7) is 1.64. The first-order valence-corrected chi connectivity index (χ1v) is 6.58. The molecule has 0 saturated carbocycles. The molecule has 0 aliphatic rings. The molecule has 0 bridgehead atoms. The van der Waals surface area contributed by atoms with E-state index in [-0.39, 0.29) is 17.2 Å². The predicted molar refractivity (Wildman–Crippen MR) is 79.0 cm³/mol. The molecule has 1 aromatic heterocycles. The van der Waals surface area contributed by atoms with E-state index in [1.54, 1.807) is 26.1 Å². The summed E-state index contributed by atoms with van der Waals surface area (Å²) < 4.78 is 1.96. The van der Waals surface area contributed by atoms with Gasteiger partial charge in [0.1, 0.15) is 0 Å². The van der Waals surface area contributed by atoms with Crippen LogP contribution in [0.2, 0.25) is 0 Å². The number of benzene rings is 1. The Morgan fingerprint density at radius 2 is 2.19 bits per heavy atom. The molecule has 2 rings (SSSR count). The number of nitrogens with zero attached hydrogens (tertiary/aromatic N) is 3. The van der Waals surface area contributed by atoms with Crippen molar-refractivity contribution in [2.75, 3.05) is 5.32 Å². The van der Waals surface area contributed by atoms with Crippen molar-refractivity contribution in [3.8, 4) is 0 Å². The fraction of sp³-hybridized carbons (Fsp3) is 0.167. The second-order valence-electron chi connectivity index (χ2n) is 4.27. The maximum atomic E-state index is 11.1. The number of imidazole rings is 1. The summed E-state index contributed by atoms with van der Waals surface area (Å²) in [6, 6.07) is 4.56. The molecule has 9 heteroatoms. The van der Waals surface area contributed by atoms with Crippen LogP contribution < -0.4 is 5.32 Å². The lowest BCUT2D eigenvalue weighted by Crippen LogP contribution is -2.03. The maximum Gasteiger partial charge on any atom is 0.407 e. The van der Waals surface area contributed by atoms with Gasteiger partial charge < -0.3 is 20.5 Å². The molecule has 0 amide bonds. The molecule has 21 heavy (non-hydrogen) atoms. The number of anilines is 2. The standard InChI is InChI=1S/C12H11BrN4O4/c1-6-14-11(17(20)21)10(16(6)2)15-7-3-4-9(13)8(5-7)12(18)19/h3-5,15H,1-2H3,(H,18,19). The Morgan fingerprint density at radius 3 is 2.76 bits per heavy atom. The fourth-order valence-corrected chi connectivity index (χ4v) is 2.18. The van der Waals surface area contributed by atoms with Crippen molar-refractivity contribution in [3.63, 3.8) is 0 Å². The Balaban J connectivity index is 2.46. The average Bonchev–Trinajstić information content (AvgIpc) is 2.69. The normalized spacial score (nSPS) is 10.4. The molecule has 0 fully saturated rings. The number of hydrogen-bond donors (Lipinski definition) is 2. The number of aromatic nitrogens is 2. The molecular weight excluding hydrogens is 344 g/mol. The number of aromatic carboxylic acids is 1. The van der Waals surface area contributed by atoms with Crippen LogP contribution in [0, 0.1) is 17.0 Å². The first-order valence-electron chi connectivity index (χ1n) is 5.79. The van der Waals surface area contributed by atoms with Crippen molar-refractivity contribution < 1.29 is 14.8 Å². The number of carbonyl (C=O) groups is 1. The van der Waals surface area contributed by atoms with Gasteiger partial charge in [-0.2, -0.15) is 0 Å². The number of hydrogen-bond acceptors (Lipinski definition) is 5. The zero-order valence-electron chi connectivity index (χ0n) is 11.1. The highest BCUT2D eigenvalue weighted by Gasteiger charge is 2.24. The van der Waals surface area contributed by atoms with Crippen LogP contribution in [0.15, 0.2) is 22.7 Å². The smallest absolute Gasteiger partial charge is 0.407 e. The molecule has 1 aromatic carbocycles. The zero-order valence-corrected chi connectivity index (χ0v) is 12.7. The first-order chi connectivity index (χ1) is 9.81. The molecule has 2 N–H and O–H groups in total. The van der Waals surface area contributed by atoms with Crippen LogP contribution in [0.5, 0.6) is 0 Å². The summed E-state index contributed by atoms with van der Waals surface area (Å²) >= 11 is 3.14. The van der Waals surface area contributed by atoms with E-state index >= 15 is 0 Å². The zero-order chi connectivity index (χ0) is 15.7. The SMILES string of the molecule is Cc1nc([N+](=O)[O-])c(Nc2ccc(Br)c(C(=O)O)c2)n1C. The Kier molecular flexibility index (Phi) is 3.94. The van der Waals surface area contributed by atoms with E-state index in [0.717, 1.165) is 0 Å². The van der Waals surface area contributed by atoms with E-state index in [9.17, 15) is 14.9 Å². The molecule has 0 atom stereocenters. The van der Waals surface area contributed by atoms with E-state index < -0.39 is 10.9 Å². The van der Waals surface area contributed by atoms with Gasteiger partial charge in [-0.3, -0.25) is 4.57 Å². The highest BCUT2D eigenvalue weighted by Crippen LogP contribution is 2.29. The van der Waals surface area contributed by atoms with Crippen LogP contribution in [0.3, 0.4) is 0 Å². The van der Waals surface area contributed by atoms with E-state index in [0.29, 0.717) is 16.0 Å². The van der Waals surface area contributed by atoms with E-state index in [1.165, 1.54) is 10.6 Å². The minimum absolute atomic E-state index is 0.0570. The second kappa shape index (κ2) is 5.52. The molecule has 1 heterocycles. The van der Waals surface area contributed by atoms with E-state index in [4.69, 9.17) is 5.11 Å². The largest absolute Gasteiger partial charge is 0.478 e. The van der Waals surface area contributed by atoms with Gasteiger partial charge in [-0.05, 0) is 44.0 Å². The summed E-state index contributed by atoms with van der Waals surface area (Å²) in [5.74, 6) is -0.744. The number of aryl methyl sites for hydroxylation is 1. The van der Waals surface area contributed by atoms with Gasteiger partial charge in [0.05, 0.1) is 5.56 Å². The molecule has 8 nitrogen and oxygen atoms in total. The van der Waals surface area contributed by atoms with Gasteiger partial charge in [-0.25, -0.2) is 4.79 Å². The fourth-order valence-electron chi connectivity index (χ4n) is 1.76. The third-order valence-electron chi connectivity index (χ3n) is 2.93. The van der Waals surface area contributed by atoms with Gasteiger partial charge in [-0.15, -0.1) is 0 Å². The summed E-state index contributed by atoms with van der Waals surface area (Å²) in [4.78, 5) is 25.3. The minimum atomic E-state index is -1.10. The average molecular weight is 355 g/mol. The Labute approximate surface area is 127 Å². The van der Waals surface area contributed by atoms with Crippen LogP contribution in [0.25, 0.3) is 0 Å². The molecule has 0 spiro atoms. The predicted octanol–water partition coefficient (Wildman–Crippen LogP) is 2.84. The molecule has 0 unspecified atom stereocenters. The monoisotopic (exact) mass is 354 g/mol. The van der Waals surface area contributed by atoms with Crippen LogP contribution >= 0.6 is 15.9 Å². The highest BCUT2D eigenvalue weighted by atomic mass is 79.9. The third-order valence-corrected chi connectivity index (χ3v) is 3.62. The lowest BCUT2D eigenvalue weighted by molar-refractivity contribution is -0.388. The molecular formula is C12H11BrN4O4. The molecule has 110 valence electrons. The van der Waals surface area contributed by atoms with Gasteiger partial charge in [0.15, 0.2) is 0 Å². The number of rotatable bonds is 4. The number of carboxylic acid groups (broad SMARTS) is 1. The molecule has 0 aliphatic carbocycles. The quantitative estimate of drug-likeness (QED) is 0.645. The molecule has 2 aromatic rings. The van der Waals surface area contributed by atoms with Crippen molar-refractivity contribution >= 4 is 39.2 Å². The topological polar surface area (TPSA) is 110 Å². The first kappa shape index (κ1) is 15.0. The molecule has 0 radical (unpaired) electrons. The van der Waals surface area contributed by atoms with Gasteiger partial charge in [-0.1, -0.05) is 0 Å². The number of nitro groups is 1. The third kappa shape index (κ3) is 2.87. The summed E-state index contributed by atoms with van der Waals surface area (Å²) in [7, 11) is 1.63. The molecule has 0 aliphatic heterocycles. The van der Waals surface area contributed by atoms with E-state index in [2.05, 4.69) is 26.2 Å². The summed E-state index contributed by atoms with van der Waals surface area (Å²) in [5, 5.41) is 22.9. The van der Waals surface area contributed by atoms with Crippen LogP contribution in [0.1, 0.15) is 16.2 Å². The van der Waals surface area contributed by atoms with Crippen molar-refractivity contribution in [2.45, 2.75) is 6.92 Å². The van der Waals surface area contributed by atoms with Gasteiger partial charge in [0.2, 0.25) is 11.6 Å². The lowest BCUT2D eigenvalue weighted by Gasteiger charge is -2.08. The Bertz CT molecular complexity index is 741. The summed E-state index contributed by atoms with van der Waals surface area (Å²) in [6.07, 6.45) is 0. The Hall–Kier alpha value is -2.42. The van der Waals surface area contributed by atoms with Crippen molar-refractivity contribution in [1.29, 1.82) is 0 Å². The van der Waals surface area contributed by atoms with E-state index in [1.807, 2.05) is 0 Å². The summed E-state index contributed by atoms with van der Waals surface area (Å²) in [5.41, 5.74) is 0.475. The maximum absolute atomic E-state index is 11.1. The Morgan fingerprint density at radius 1 is 1.52 bits per heavy atom. The van der Waals surface area contributed by atoms with Gasteiger partial charge in [0, 0.05) is 24.1 Å².